The third-order valence-corrected chi connectivity index (χ3v) is 3.36. The summed E-state index contributed by atoms with van der Waals surface area (Å²) < 4.78 is 36.6. The summed E-state index contributed by atoms with van der Waals surface area (Å²) in [4.78, 5) is 13.6. The SMILES string of the molecule is COc1cc(OC)cc(N(C)C(=O)/C=C/c2cc(F)cc(F)c2)c1. The normalized spacial score (nSPS) is 10.7. The number of ether oxygens (including phenoxy) is 2. The van der Waals surface area contributed by atoms with E-state index in [1.54, 1.807) is 25.2 Å². The van der Waals surface area contributed by atoms with Crippen LogP contribution in [0.5, 0.6) is 11.5 Å². The first-order valence-corrected chi connectivity index (χ1v) is 7.08. The van der Waals surface area contributed by atoms with Crippen LogP contribution in [0.25, 0.3) is 6.08 Å². The molecule has 0 saturated heterocycles. The van der Waals surface area contributed by atoms with Crippen molar-refractivity contribution in [3.63, 3.8) is 0 Å². The van der Waals surface area contributed by atoms with E-state index < -0.39 is 11.6 Å². The van der Waals surface area contributed by atoms with Gasteiger partial charge in [0.1, 0.15) is 23.1 Å². The molecular weight excluding hydrogens is 316 g/mol. The van der Waals surface area contributed by atoms with E-state index in [2.05, 4.69) is 0 Å². The van der Waals surface area contributed by atoms with Crippen LogP contribution in [0.2, 0.25) is 0 Å². The number of methoxy groups -OCH3 is 2. The lowest BCUT2D eigenvalue weighted by Crippen LogP contribution is -2.24. The fraction of sp³-hybridized carbons (Fsp3) is 0.167. The van der Waals surface area contributed by atoms with Crippen molar-refractivity contribution in [1.29, 1.82) is 0 Å². The van der Waals surface area contributed by atoms with Gasteiger partial charge in [0, 0.05) is 37.4 Å². The highest BCUT2D eigenvalue weighted by atomic mass is 19.1. The number of halogens is 2. The smallest absolute Gasteiger partial charge is 0.250 e. The molecule has 1 amide bonds. The van der Waals surface area contributed by atoms with E-state index in [0.717, 1.165) is 18.2 Å². The van der Waals surface area contributed by atoms with Gasteiger partial charge in [-0.15, -0.1) is 0 Å². The lowest BCUT2D eigenvalue weighted by atomic mass is 10.2. The van der Waals surface area contributed by atoms with Gasteiger partial charge in [-0.2, -0.15) is 0 Å². The topological polar surface area (TPSA) is 38.8 Å². The summed E-state index contributed by atoms with van der Waals surface area (Å²) in [7, 11) is 4.60. The monoisotopic (exact) mass is 333 g/mol. The van der Waals surface area contributed by atoms with Gasteiger partial charge < -0.3 is 14.4 Å². The quantitative estimate of drug-likeness (QED) is 0.784. The van der Waals surface area contributed by atoms with Crippen molar-refractivity contribution >= 4 is 17.7 Å². The van der Waals surface area contributed by atoms with Crippen molar-refractivity contribution in [2.24, 2.45) is 0 Å². The first-order chi connectivity index (χ1) is 11.4. The van der Waals surface area contributed by atoms with E-state index in [-0.39, 0.29) is 11.5 Å². The van der Waals surface area contributed by atoms with Gasteiger partial charge in [-0.05, 0) is 23.8 Å². The molecule has 0 spiro atoms. The highest BCUT2D eigenvalue weighted by molar-refractivity contribution is 6.03. The van der Waals surface area contributed by atoms with Gasteiger partial charge in [0.2, 0.25) is 0 Å². The first kappa shape index (κ1) is 17.5. The first-order valence-electron chi connectivity index (χ1n) is 7.08. The number of hydrogen-bond acceptors (Lipinski definition) is 3. The zero-order chi connectivity index (χ0) is 17.7. The van der Waals surface area contributed by atoms with Gasteiger partial charge in [0.25, 0.3) is 5.91 Å². The number of likely N-dealkylation sites (N-methyl/N-ethyl adjacent to an activating group) is 1. The highest BCUT2D eigenvalue weighted by Gasteiger charge is 2.11. The predicted molar refractivity (Wildman–Crippen MR) is 88.3 cm³/mol. The van der Waals surface area contributed by atoms with Crippen LogP contribution in [0, 0.1) is 11.6 Å². The molecule has 0 heterocycles. The zero-order valence-electron chi connectivity index (χ0n) is 13.5. The number of hydrogen-bond donors (Lipinski definition) is 0. The van der Waals surface area contributed by atoms with Gasteiger partial charge in [0.05, 0.1) is 19.9 Å². The van der Waals surface area contributed by atoms with Crippen molar-refractivity contribution in [2.75, 3.05) is 26.2 Å². The number of carbonyl (C=O) groups is 1. The Balaban J connectivity index is 2.21. The van der Waals surface area contributed by atoms with Crippen LogP contribution >= 0.6 is 0 Å². The molecule has 0 atom stereocenters. The predicted octanol–water partition coefficient (Wildman–Crippen LogP) is 3.66. The lowest BCUT2D eigenvalue weighted by Gasteiger charge is -2.17. The molecule has 24 heavy (non-hydrogen) atoms. The highest BCUT2D eigenvalue weighted by Crippen LogP contribution is 2.28. The Hall–Kier alpha value is -2.89. The zero-order valence-corrected chi connectivity index (χ0v) is 13.5. The Morgan fingerprint density at radius 2 is 1.50 bits per heavy atom. The molecule has 2 rings (SSSR count). The second kappa shape index (κ2) is 7.59. The van der Waals surface area contributed by atoms with Crippen molar-refractivity contribution in [3.8, 4) is 11.5 Å². The van der Waals surface area contributed by atoms with Crippen LogP contribution in [-0.2, 0) is 4.79 Å². The van der Waals surface area contributed by atoms with Crippen molar-refractivity contribution in [3.05, 3.63) is 59.7 Å². The number of nitrogens with zero attached hydrogens (tertiary/aromatic N) is 1. The molecule has 0 aliphatic heterocycles. The summed E-state index contributed by atoms with van der Waals surface area (Å²) >= 11 is 0. The molecule has 0 aromatic heterocycles. The third kappa shape index (κ3) is 4.32. The summed E-state index contributed by atoms with van der Waals surface area (Å²) in [5, 5.41) is 0. The van der Waals surface area contributed by atoms with Gasteiger partial charge in [-0.3, -0.25) is 4.79 Å². The summed E-state index contributed by atoms with van der Waals surface area (Å²) in [6.45, 7) is 0. The van der Waals surface area contributed by atoms with E-state index in [1.807, 2.05) is 0 Å². The van der Waals surface area contributed by atoms with Crippen molar-refractivity contribution < 1.29 is 23.0 Å². The molecule has 2 aromatic carbocycles. The van der Waals surface area contributed by atoms with Crippen LogP contribution in [0.3, 0.4) is 0 Å². The summed E-state index contributed by atoms with van der Waals surface area (Å²) in [5.41, 5.74) is 0.823. The molecular formula is C18H17F2NO3. The molecule has 4 nitrogen and oxygen atoms in total. The standard InChI is InChI=1S/C18H17F2NO3/c1-21(15-9-16(23-2)11-17(10-15)24-3)18(22)5-4-12-6-13(19)8-14(20)7-12/h4-11H,1-3H3/b5-4+. The average Bonchev–Trinajstić information content (AvgIpc) is 2.57. The van der Waals surface area contributed by atoms with Gasteiger partial charge >= 0.3 is 0 Å². The fourth-order valence-corrected chi connectivity index (χ4v) is 2.06. The molecule has 0 bridgehead atoms. The Morgan fingerprint density at radius 3 is 2.00 bits per heavy atom. The number of carbonyl (C=O) groups excluding carboxylic acids is 1. The number of anilines is 1. The maximum Gasteiger partial charge on any atom is 0.250 e. The Kier molecular flexibility index (Phi) is 5.52. The molecule has 0 radical (unpaired) electrons. The summed E-state index contributed by atoms with van der Waals surface area (Å²) in [6, 6.07) is 8.09. The van der Waals surface area contributed by atoms with Crippen LogP contribution in [0.4, 0.5) is 14.5 Å². The molecule has 0 saturated carbocycles. The second-order valence-corrected chi connectivity index (χ2v) is 5.00. The molecule has 0 aliphatic carbocycles. The van der Waals surface area contributed by atoms with Crippen molar-refractivity contribution in [1.82, 2.24) is 0 Å². The third-order valence-electron chi connectivity index (χ3n) is 3.36. The molecule has 2 aromatic rings. The van der Waals surface area contributed by atoms with Crippen molar-refractivity contribution in [2.45, 2.75) is 0 Å². The van der Waals surface area contributed by atoms with E-state index in [1.165, 1.54) is 31.3 Å². The van der Waals surface area contributed by atoms with Gasteiger partial charge in [-0.1, -0.05) is 0 Å². The minimum atomic E-state index is -0.701. The maximum atomic E-state index is 13.1. The summed E-state index contributed by atoms with van der Waals surface area (Å²) in [5.74, 6) is -0.684. The fourth-order valence-electron chi connectivity index (χ4n) is 2.06. The molecule has 6 heteroatoms. The number of benzene rings is 2. The van der Waals surface area contributed by atoms with Gasteiger partial charge in [-0.25, -0.2) is 8.78 Å². The van der Waals surface area contributed by atoms with E-state index in [9.17, 15) is 13.6 Å². The average molecular weight is 333 g/mol. The largest absolute Gasteiger partial charge is 0.497 e. The molecule has 0 unspecified atom stereocenters. The molecule has 126 valence electrons. The minimum Gasteiger partial charge on any atom is -0.497 e. The molecule has 0 aliphatic rings. The van der Waals surface area contributed by atoms with E-state index in [4.69, 9.17) is 9.47 Å². The summed E-state index contributed by atoms with van der Waals surface area (Å²) in [6.07, 6.45) is 2.59. The second-order valence-electron chi connectivity index (χ2n) is 5.00. The maximum absolute atomic E-state index is 13.1. The Bertz CT molecular complexity index is 732. The number of rotatable bonds is 5. The number of amides is 1. The van der Waals surface area contributed by atoms with Crippen LogP contribution < -0.4 is 14.4 Å². The minimum absolute atomic E-state index is 0.262. The molecule has 0 N–H and O–H groups in total. The van der Waals surface area contributed by atoms with Crippen LogP contribution in [-0.4, -0.2) is 27.2 Å². The lowest BCUT2D eigenvalue weighted by molar-refractivity contribution is -0.113. The molecule has 0 fully saturated rings. The van der Waals surface area contributed by atoms with E-state index in [0.29, 0.717) is 17.2 Å². The Morgan fingerprint density at radius 1 is 0.958 bits per heavy atom. The van der Waals surface area contributed by atoms with Crippen LogP contribution in [0.1, 0.15) is 5.56 Å². The van der Waals surface area contributed by atoms with Gasteiger partial charge in [0.15, 0.2) is 0 Å². The Labute approximate surface area is 138 Å². The van der Waals surface area contributed by atoms with E-state index >= 15 is 0 Å². The van der Waals surface area contributed by atoms with Crippen LogP contribution in [0.15, 0.2) is 42.5 Å².